The molecule has 0 bridgehead atoms. The monoisotopic (exact) mass is 179 g/mol. The highest BCUT2D eigenvalue weighted by molar-refractivity contribution is 8.03. The quantitative estimate of drug-likeness (QED) is 0.413. The number of nitriles is 1. The standard InChI is InChI=1S/C8H9N3S/c1-11-8-3-2-6(12-5-9)4-7(8)10/h2-4,11H,10H2,1H3. The third-order valence-electron chi connectivity index (χ3n) is 1.46. The molecule has 1 rings (SSSR count). The van der Waals surface area contributed by atoms with Gasteiger partial charge in [0, 0.05) is 11.9 Å². The second-order valence-corrected chi connectivity index (χ2v) is 3.05. The number of benzene rings is 1. The Bertz CT molecular complexity index is 317. The third kappa shape index (κ3) is 1.83. The van der Waals surface area contributed by atoms with Crippen molar-refractivity contribution in [3.63, 3.8) is 0 Å². The van der Waals surface area contributed by atoms with Gasteiger partial charge in [0.25, 0.3) is 0 Å². The van der Waals surface area contributed by atoms with Crippen LogP contribution in [-0.2, 0) is 0 Å². The van der Waals surface area contributed by atoms with E-state index in [2.05, 4.69) is 5.32 Å². The van der Waals surface area contributed by atoms with E-state index in [1.54, 1.807) is 6.07 Å². The maximum Gasteiger partial charge on any atom is 0.138 e. The first-order valence-corrected chi connectivity index (χ1v) is 4.23. The summed E-state index contributed by atoms with van der Waals surface area (Å²) in [5.41, 5.74) is 7.23. The molecule has 62 valence electrons. The van der Waals surface area contributed by atoms with Gasteiger partial charge in [-0.2, -0.15) is 5.26 Å². The highest BCUT2D eigenvalue weighted by Crippen LogP contribution is 2.24. The van der Waals surface area contributed by atoms with Crippen molar-refractivity contribution < 1.29 is 0 Å². The zero-order valence-corrected chi connectivity index (χ0v) is 7.48. The molecule has 1 aromatic carbocycles. The molecule has 0 radical (unpaired) electrons. The zero-order valence-electron chi connectivity index (χ0n) is 6.66. The smallest absolute Gasteiger partial charge is 0.138 e. The topological polar surface area (TPSA) is 61.8 Å². The molecule has 0 aliphatic rings. The highest BCUT2D eigenvalue weighted by atomic mass is 32.2. The van der Waals surface area contributed by atoms with E-state index in [-0.39, 0.29) is 0 Å². The van der Waals surface area contributed by atoms with Crippen molar-refractivity contribution >= 4 is 23.1 Å². The van der Waals surface area contributed by atoms with Gasteiger partial charge in [0.1, 0.15) is 5.40 Å². The summed E-state index contributed by atoms with van der Waals surface area (Å²) in [6, 6.07) is 5.49. The SMILES string of the molecule is CNc1ccc(SC#N)cc1N. The van der Waals surface area contributed by atoms with Crippen molar-refractivity contribution in [1.82, 2.24) is 0 Å². The first-order chi connectivity index (χ1) is 5.77. The summed E-state index contributed by atoms with van der Waals surface area (Å²) < 4.78 is 0. The van der Waals surface area contributed by atoms with Crippen LogP contribution in [0.1, 0.15) is 0 Å². The number of nitrogen functional groups attached to an aromatic ring is 1. The zero-order chi connectivity index (χ0) is 8.97. The maximum absolute atomic E-state index is 8.39. The molecule has 4 heteroatoms. The summed E-state index contributed by atoms with van der Waals surface area (Å²) in [5.74, 6) is 0. The average Bonchev–Trinajstić information content (AvgIpc) is 2.05. The van der Waals surface area contributed by atoms with E-state index < -0.39 is 0 Å². The summed E-state index contributed by atoms with van der Waals surface area (Å²) in [4.78, 5) is 0.869. The molecule has 0 fully saturated rings. The van der Waals surface area contributed by atoms with Gasteiger partial charge in [-0.3, -0.25) is 0 Å². The fourth-order valence-corrected chi connectivity index (χ4v) is 1.31. The Hall–Kier alpha value is -1.34. The average molecular weight is 179 g/mol. The van der Waals surface area contributed by atoms with E-state index >= 15 is 0 Å². The van der Waals surface area contributed by atoms with E-state index in [4.69, 9.17) is 11.0 Å². The minimum Gasteiger partial charge on any atom is -0.397 e. The lowest BCUT2D eigenvalue weighted by Crippen LogP contribution is -1.94. The maximum atomic E-state index is 8.39. The molecule has 0 aliphatic heterocycles. The molecule has 0 amide bonds. The molecule has 0 spiro atoms. The lowest BCUT2D eigenvalue weighted by molar-refractivity contribution is 1.43. The van der Waals surface area contributed by atoms with Gasteiger partial charge in [-0.1, -0.05) is 0 Å². The van der Waals surface area contributed by atoms with Crippen LogP contribution in [0, 0.1) is 10.7 Å². The Morgan fingerprint density at radius 2 is 2.33 bits per heavy atom. The van der Waals surface area contributed by atoms with Crippen molar-refractivity contribution in [2.24, 2.45) is 0 Å². The normalized spacial score (nSPS) is 9.00. The Kier molecular flexibility index (Phi) is 2.83. The molecule has 0 heterocycles. The summed E-state index contributed by atoms with van der Waals surface area (Å²) in [6.45, 7) is 0. The largest absolute Gasteiger partial charge is 0.397 e. The van der Waals surface area contributed by atoms with Gasteiger partial charge >= 0.3 is 0 Å². The third-order valence-corrected chi connectivity index (χ3v) is 2.04. The summed E-state index contributed by atoms with van der Waals surface area (Å²) >= 11 is 1.11. The van der Waals surface area contributed by atoms with Crippen LogP contribution in [0.4, 0.5) is 11.4 Å². The molecular formula is C8H9N3S. The summed E-state index contributed by atoms with van der Waals surface area (Å²) in [5, 5.41) is 13.3. The van der Waals surface area contributed by atoms with E-state index in [0.717, 1.165) is 22.3 Å². The highest BCUT2D eigenvalue weighted by Gasteiger charge is 1.98. The number of rotatable bonds is 2. The van der Waals surface area contributed by atoms with Gasteiger partial charge in [0.05, 0.1) is 11.4 Å². The molecule has 0 atom stereocenters. The van der Waals surface area contributed by atoms with E-state index in [0.29, 0.717) is 5.69 Å². The van der Waals surface area contributed by atoms with Crippen LogP contribution in [0.2, 0.25) is 0 Å². The van der Waals surface area contributed by atoms with Crippen molar-refractivity contribution in [2.75, 3.05) is 18.1 Å². The summed E-state index contributed by atoms with van der Waals surface area (Å²) in [7, 11) is 1.81. The van der Waals surface area contributed by atoms with Crippen LogP contribution in [0.25, 0.3) is 0 Å². The molecule has 0 unspecified atom stereocenters. The number of thioether (sulfide) groups is 1. The lowest BCUT2D eigenvalue weighted by Gasteiger charge is -2.04. The van der Waals surface area contributed by atoms with Gasteiger partial charge in [-0.15, -0.1) is 0 Å². The predicted molar refractivity (Wildman–Crippen MR) is 51.9 cm³/mol. The number of hydrogen-bond acceptors (Lipinski definition) is 4. The molecule has 3 nitrogen and oxygen atoms in total. The summed E-state index contributed by atoms with van der Waals surface area (Å²) in [6.07, 6.45) is 0. The number of nitrogens with one attached hydrogen (secondary N) is 1. The van der Waals surface area contributed by atoms with Gasteiger partial charge in [0.2, 0.25) is 0 Å². The molecule has 1 aromatic rings. The second kappa shape index (κ2) is 3.88. The number of thiocyanates is 1. The Morgan fingerprint density at radius 3 is 2.83 bits per heavy atom. The van der Waals surface area contributed by atoms with Crippen LogP contribution < -0.4 is 11.1 Å². The molecule has 0 saturated carbocycles. The molecular weight excluding hydrogens is 170 g/mol. The van der Waals surface area contributed by atoms with Crippen LogP contribution in [0.15, 0.2) is 23.1 Å². The van der Waals surface area contributed by atoms with Crippen LogP contribution in [-0.4, -0.2) is 7.05 Å². The van der Waals surface area contributed by atoms with E-state index in [1.165, 1.54) is 0 Å². The van der Waals surface area contributed by atoms with Gasteiger partial charge in [-0.05, 0) is 30.0 Å². The molecule has 12 heavy (non-hydrogen) atoms. The number of hydrogen-bond donors (Lipinski definition) is 2. The number of anilines is 2. The van der Waals surface area contributed by atoms with Crippen LogP contribution in [0.3, 0.4) is 0 Å². The minimum absolute atomic E-state index is 0.665. The fourth-order valence-electron chi connectivity index (χ4n) is 0.885. The fraction of sp³-hybridized carbons (Fsp3) is 0.125. The first kappa shape index (κ1) is 8.75. The van der Waals surface area contributed by atoms with Gasteiger partial charge in [-0.25, -0.2) is 0 Å². The number of nitrogens with zero attached hydrogens (tertiary/aromatic N) is 1. The first-order valence-electron chi connectivity index (χ1n) is 3.41. The van der Waals surface area contributed by atoms with Crippen molar-refractivity contribution in [2.45, 2.75) is 4.90 Å². The van der Waals surface area contributed by atoms with E-state index in [9.17, 15) is 0 Å². The van der Waals surface area contributed by atoms with Crippen LogP contribution >= 0.6 is 11.8 Å². The molecule has 0 aromatic heterocycles. The van der Waals surface area contributed by atoms with Crippen molar-refractivity contribution in [3.8, 4) is 5.40 Å². The second-order valence-electron chi connectivity index (χ2n) is 2.19. The minimum atomic E-state index is 0.665. The Labute approximate surface area is 75.6 Å². The molecule has 0 saturated heterocycles. The lowest BCUT2D eigenvalue weighted by atomic mass is 10.3. The van der Waals surface area contributed by atoms with Crippen LogP contribution in [0.5, 0.6) is 0 Å². The number of nitrogens with two attached hydrogens (primary N) is 1. The molecule has 0 aliphatic carbocycles. The van der Waals surface area contributed by atoms with Crippen molar-refractivity contribution in [3.05, 3.63) is 18.2 Å². The molecule has 3 N–H and O–H groups in total. The van der Waals surface area contributed by atoms with Gasteiger partial charge < -0.3 is 11.1 Å². The van der Waals surface area contributed by atoms with Crippen molar-refractivity contribution in [1.29, 1.82) is 5.26 Å². The Balaban J connectivity index is 2.95. The van der Waals surface area contributed by atoms with E-state index in [1.807, 2.05) is 24.6 Å². The Morgan fingerprint density at radius 1 is 1.58 bits per heavy atom. The predicted octanol–water partition coefficient (Wildman–Crippen LogP) is 1.88. The van der Waals surface area contributed by atoms with Gasteiger partial charge in [0.15, 0.2) is 0 Å².